The number of fused-ring (bicyclic) bond motifs is 1. The smallest absolute Gasteiger partial charge is 0.419 e. The number of para-hydroxylation sites is 1. The highest BCUT2D eigenvalue weighted by molar-refractivity contribution is 5.96. The van der Waals surface area contributed by atoms with Crippen molar-refractivity contribution in [3.05, 3.63) is 41.6 Å². The van der Waals surface area contributed by atoms with Crippen LogP contribution in [0.5, 0.6) is 0 Å². The van der Waals surface area contributed by atoms with Crippen LogP contribution in [-0.2, 0) is 9.47 Å². The molecule has 1 aliphatic heterocycles. The van der Waals surface area contributed by atoms with Crippen molar-refractivity contribution in [3.8, 4) is 0 Å². The van der Waals surface area contributed by atoms with Crippen molar-refractivity contribution >= 4 is 29.2 Å². The van der Waals surface area contributed by atoms with Gasteiger partial charge in [-0.3, -0.25) is 9.47 Å². The van der Waals surface area contributed by atoms with Crippen LogP contribution < -0.4 is 0 Å². The minimum atomic E-state index is -0.607. The molecule has 7 heteroatoms. The van der Waals surface area contributed by atoms with Crippen LogP contribution in [0.3, 0.4) is 0 Å². The summed E-state index contributed by atoms with van der Waals surface area (Å²) in [5, 5.41) is 10.7. The maximum atomic E-state index is 12.7. The van der Waals surface area contributed by atoms with E-state index in [0.717, 1.165) is 22.0 Å². The zero-order chi connectivity index (χ0) is 23.0. The van der Waals surface area contributed by atoms with Crippen molar-refractivity contribution in [2.45, 2.75) is 65.2 Å². The zero-order valence-corrected chi connectivity index (χ0v) is 19.1. The maximum Gasteiger partial charge on any atom is 0.419 e. The zero-order valence-electron chi connectivity index (χ0n) is 19.1. The van der Waals surface area contributed by atoms with Crippen molar-refractivity contribution < 1.29 is 24.2 Å². The summed E-state index contributed by atoms with van der Waals surface area (Å²) in [5.74, 6) is 0. The van der Waals surface area contributed by atoms with Crippen molar-refractivity contribution in [1.82, 2.24) is 9.47 Å². The molecule has 1 fully saturated rings. The van der Waals surface area contributed by atoms with Crippen molar-refractivity contribution in [2.24, 2.45) is 0 Å². The van der Waals surface area contributed by atoms with E-state index in [9.17, 15) is 14.7 Å². The first-order chi connectivity index (χ1) is 14.4. The highest BCUT2D eigenvalue weighted by atomic mass is 16.6. The van der Waals surface area contributed by atoms with E-state index in [1.165, 1.54) is 4.57 Å². The summed E-state index contributed by atoms with van der Waals surface area (Å²) in [4.78, 5) is 26.8. The number of carbonyl (C=O) groups excluding carboxylic acids is 2. The molecule has 2 heterocycles. The molecule has 1 atom stereocenters. The van der Waals surface area contributed by atoms with Crippen LogP contribution in [-0.4, -0.2) is 57.2 Å². The van der Waals surface area contributed by atoms with Gasteiger partial charge in [0.2, 0.25) is 0 Å². The number of nitrogens with zero attached hydrogens (tertiary/aromatic N) is 2. The molecule has 168 valence electrons. The number of ether oxygens (including phenoxy) is 2. The Kier molecular flexibility index (Phi) is 6.18. The normalized spacial score (nSPS) is 18.6. The lowest BCUT2D eigenvalue weighted by Gasteiger charge is -2.27. The Morgan fingerprint density at radius 2 is 1.68 bits per heavy atom. The first kappa shape index (κ1) is 22.9. The molecule has 31 heavy (non-hydrogen) atoms. The molecular formula is C24H32N2O5. The lowest BCUT2D eigenvalue weighted by atomic mass is 10.1. The van der Waals surface area contributed by atoms with Gasteiger partial charge < -0.3 is 14.6 Å². The molecule has 2 aromatic rings. The van der Waals surface area contributed by atoms with Crippen LogP contribution in [0.1, 0.15) is 53.5 Å². The number of aliphatic hydroxyl groups is 1. The summed E-state index contributed by atoms with van der Waals surface area (Å²) in [7, 11) is 0. The van der Waals surface area contributed by atoms with Crippen LogP contribution in [0.2, 0.25) is 0 Å². The highest BCUT2D eigenvalue weighted by Gasteiger charge is 2.34. The highest BCUT2D eigenvalue weighted by Crippen LogP contribution is 2.30. The second-order valence-electron chi connectivity index (χ2n) is 9.90. The fourth-order valence-electron chi connectivity index (χ4n) is 3.63. The first-order valence-corrected chi connectivity index (χ1v) is 10.5. The SMILES string of the molecule is CC(C)(C)OC(=O)N1C/C(=C/c2cn(C(=O)OC(C)(C)C)c3ccccc23)C[C@H]1CO. The van der Waals surface area contributed by atoms with E-state index in [2.05, 4.69) is 0 Å². The number of carbonyl (C=O) groups is 2. The second-order valence-corrected chi connectivity index (χ2v) is 9.90. The summed E-state index contributed by atoms with van der Waals surface area (Å²) in [6.07, 6.45) is 3.41. The topological polar surface area (TPSA) is 81.0 Å². The van der Waals surface area contributed by atoms with Crippen LogP contribution in [0.4, 0.5) is 9.59 Å². The summed E-state index contributed by atoms with van der Waals surface area (Å²) in [5.41, 5.74) is 1.39. The Morgan fingerprint density at radius 3 is 2.29 bits per heavy atom. The van der Waals surface area contributed by atoms with Crippen molar-refractivity contribution in [1.29, 1.82) is 0 Å². The van der Waals surface area contributed by atoms with Crippen molar-refractivity contribution in [2.75, 3.05) is 13.2 Å². The Labute approximate surface area is 183 Å². The predicted octanol–water partition coefficient (Wildman–Crippen LogP) is 4.81. The third kappa shape index (κ3) is 5.47. The average Bonchev–Trinajstić information content (AvgIpc) is 3.21. The molecule has 0 radical (unpaired) electrons. The van der Waals surface area contributed by atoms with Crippen LogP contribution in [0.25, 0.3) is 17.0 Å². The fourth-order valence-corrected chi connectivity index (χ4v) is 3.63. The summed E-state index contributed by atoms with van der Waals surface area (Å²) in [6, 6.07) is 7.29. The average molecular weight is 429 g/mol. The van der Waals surface area contributed by atoms with E-state index in [1.54, 1.807) is 11.1 Å². The number of likely N-dealkylation sites (tertiary alicyclic amines) is 1. The van der Waals surface area contributed by atoms with E-state index in [-0.39, 0.29) is 12.6 Å². The second kappa shape index (κ2) is 8.38. The van der Waals surface area contributed by atoms with Gasteiger partial charge in [0.05, 0.1) is 18.2 Å². The minimum absolute atomic E-state index is 0.143. The molecule has 0 saturated carbocycles. The first-order valence-electron chi connectivity index (χ1n) is 10.5. The standard InChI is InChI=1S/C24H32N2O5/c1-23(2,3)30-21(28)25-13-16(12-18(25)15-27)11-17-14-26(22(29)31-24(4,5)6)20-10-8-7-9-19(17)20/h7-11,14,18,27H,12-13,15H2,1-6H3/b16-11+/t18-/m0/s1. The van der Waals surface area contributed by atoms with Gasteiger partial charge in [0, 0.05) is 23.7 Å². The number of benzene rings is 1. The van der Waals surface area contributed by atoms with Gasteiger partial charge in [-0.25, -0.2) is 9.59 Å². The number of hydrogen-bond donors (Lipinski definition) is 1. The quantitative estimate of drug-likeness (QED) is 0.742. The largest absolute Gasteiger partial charge is 0.444 e. The lowest BCUT2D eigenvalue weighted by molar-refractivity contribution is 0.0178. The molecule has 0 spiro atoms. The number of amides is 1. The van der Waals surface area contributed by atoms with E-state index in [1.807, 2.05) is 71.9 Å². The molecule has 0 bridgehead atoms. The molecule has 1 N–H and O–H groups in total. The Hall–Kier alpha value is -2.80. The van der Waals surface area contributed by atoms with Gasteiger partial charge in [-0.2, -0.15) is 0 Å². The third-order valence-corrected chi connectivity index (χ3v) is 4.84. The van der Waals surface area contributed by atoms with E-state index < -0.39 is 23.4 Å². The molecule has 1 amide bonds. The molecule has 1 aromatic heterocycles. The number of aliphatic hydroxyl groups excluding tert-OH is 1. The van der Waals surface area contributed by atoms with E-state index >= 15 is 0 Å². The summed E-state index contributed by atoms with van der Waals surface area (Å²) >= 11 is 0. The Bertz CT molecular complexity index is 1010. The molecular weight excluding hydrogens is 396 g/mol. The van der Waals surface area contributed by atoms with Crippen LogP contribution in [0, 0.1) is 0 Å². The molecule has 1 saturated heterocycles. The van der Waals surface area contributed by atoms with E-state index in [0.29, 0.717) is 13.0 Å². The third-order valence-electron chi connectivity index (χ3n) is 4.84. The summed E-state index contributed by atoms with van der Waals surface area (Å²) in [6.45, 7) is 11.2. The maximum absolute atomic E-state index is 12.7. The monoisotopic (exact) mass is 428 g/mol. The van der Waals surface area contributed by atoms with Gasteiger partial charge in [0.15, 0.2) is 0 Å². The predicted molar refractivity (Wildman–Crippen MR) is 120 cm³/mol. The number of rotatable bonds is 2. The lowest BCUT2D eigenvalue weighted by Crippen LogP contribution is -2.41. The van der Waals surface area contributed by atoms with E-state index in [4.69, 9.17) is 9.47 Å². The van der Waals surface area contributed by atoms with Gasteiger partial charge in [0.25, 0.3) is 0 Å². The molecule has 1 aliphatic rings. The molecule has 0 unspecified atom stereocenters. The van der Waals surface area contributed by atoms with Crippen LogP contribution >= 0.6 is 0 Å². The number of aromatic nitrogens is 1. The van der Waals surface area contributed by atoms with Gasteiger partial charge in [0.1, 0.15) is 11.2 Å². The summed E-state index contributed by atoms with van der Waals surface area (Å²) < 4.78 is 12.5. The molecule has 3 rings (SSSR count). The number of hydrogen-bond acceptors (Lipinski definition) is 5. The Balaban J connectivity index is 1.92. The minimum Gasteiger partial charge on any atom is -0.444 e. The molecule has 7 nitrogen and oxygen atoms in total. The van der Waals surface area contributed by atoms with Crippen LogP contribution in [0.15, 0.2) is 36.0 Å². The molecule has 0 aliphatic carbocycles. The fraction of sp³-hybridized carbons (Fsp3) is 0.500. The van der Waals surface area contributed by atoms with Gasteiger partial charge >= 0.3 is 12.2 Å². The van der Waals surface area contributed by atoms with Gasteiger partial charge in [-0.05, 0) is 59.6 Å². The van der Waals surface area contributed by atoms with Crippen molar-refractivity contribution in [3.63, 3.8) is 0 Å². The van der Waals surface area contributed by atoms with Gasteiger partial charge in [-0.1, -0.05) is 24.3 Å². The Morgan fingerprint density at radius 1 is 1.06 bits per heavy atom. The van der Waals surface area contributed by atoms with Gasteiger partial charge in [-0.15, -0.1) is 0 Å². The molecule has 1 aromatic carbocycles.